The molecule has 0 saturated heterocycles. The van der Waals surface area contributed by atoms with Crippen LogP contribution in [-0.2, 0) is 5.41 Å². The average molecular weight is 269 g/mol. The Morgan fingerprint density at radius 2 is 2.10 bits per heavy atom. The van der Waals surface area contributed by atoms with Gasteiger partial charge in [0.15, 0.2) is 0 Å². The van der Waals surface area contributed by atoms with E-state index in [0.717, 1.165) is 29.1 Å². The van der Waals surface area contributed by atoms with Crippen molar-refractivity contribution >= 4 is 5.82 Å². The van der Waals surface area contributed by atoms with E-state index in [2.05, 4.69) is 42.0 Å². The minimum atomic E-state index is -0.0950. The van der Waals surface area contributed by atoms with Crippen LogP contribution in [0.5, 0.6) is 0 Å². The minimum absolute atomic E-state index is 0.0950. The smallest absolute Gasteiger partial charge is 0.142 e. The number of aromatic amines is 1. The van der Waals surface area contributed by atoms with Gasteiger partial charge in [0.25, 0.3) is 0 Å². The highest BCUT2D eigenvalue weighted by molar-refractivity contribution is 5.73. The number of hydrogen-bond donors (Lipinski definition) is 2. The van der Waals surface area contributed by atoms with Crippen molar-refractivity contribution in [2.45, 2.75) is 39.5 Å². The fourth-order valence-electron chi connectivity index (χ4n) is 1.97. The van der Waals surface area contributed by atoms with Gasteiger partial charge in [-0.1, -0.05) is 20.8 Å². The zero-order chi connectivity index (χ0) is 14.9. The SMILES string of the molecule is CCC(C)(C)c1cc(-c2cc(C)[nH]n2)c(C#N)c(N)n1. The lowest BCUT2D eigenvalue weighted by atomic mass is 9.84. The van der Waals surface area contributed by atoms with E-state index in [9.17, 15) is 5.26 Å². The number of aryl methyl sites for hydroxylation is 1. The van der Waals surface area contributed by atoms with Crippen molar-refractivity contribution in [1.82, 2.24) is 15.2 Å². The van der Waals surface area contributed by atoms with Gasteiger partial charge in [0.2, 0.25) is 0 Å². The van der Waals surface area contributed by atoms with Gasteiger partial charge in [0.1, 0.15) is 17.5 Å². The number of nitrogens with zero attached hydrogens (tertiary/aromatic N) is 3. The molecule has 0 unspecified atom stereocenters. The highest BCUT2D eigenvalue weighted by atomic mass is 15.1. The van der Waals surface area contributed by atoms with Crippen molar-refractivity contribution in [2.24, 2.45) is 0 Å². The first-order valence-electron chi connectivity index (χ1n) is 6.62. The number of nitriles is 1. The molecule has 0 bridgehead atoms. The van der Waals surface area contributed by atoms with E-state index in [1.807, 2.05) is 19.1 Å². The maximum atomic E-state index is 9.31. The molecule has 5 nitrogen and oxygen atoms in total. The summed E-state index contributed by atoms with van der Waals surface area (Å²) < 4.78 is 0. The lowest BCUT2D eigenvalue weighted by molar-refractivity contribution is 0.491. The maximum absolute atomic E-state index is 9.31. The van der Waals surface area contributed by atoms with Gasteiger partial charge in [-0.25, -0.2) is 4.98 Å². The molecule has 2 aromatic rings. The largest absolute Gasteiger partial charge is 0.383 e. The fourth-order valence-corrected chi connectivity index (χ4v) is 1.97. The predicted molar refractivity (Wildman–Crippen MR) is 79.0 cm³/mol. The van der Waals surface area contributed by atoms with Crippen LogP contribution in [0, 0.1) is 18.3 Å². The number of aromatic nitrogens is 3. The van der Waals surface area contributed by atoms with E-state index in [1.165, 1.54) is 0 Å². The van der Waals surface area contributed by atoms with E-state index in [4.69, 9.17) is 5.73 Å². The molecule has 0 aliphatic rings. The van der Waals surface area contributed by atoms with Crippen molar-refractivity contribution in [1.29, 1.82) is 5.26 Å². The zero-order valence-corrected chi connectivity index (χ0v) is 12.3. The van der Waals surface area contributed by atoms with Crippen molar-refractivity contribution in [3.8, 4) is 17.3 Å². The Balaban J connectivity index is 2.69. The summed E-state index contributed by atoms with van der Waals surface area (Å²) in [6, 6.07) is 5.95. The Hall–Kier alpha value is -2.35. The summed E-state index contributed by atoms with van der Waals surface area (Å²) in [6.07, 6.45) is 0.935. The van der Waals surface area contributed by atoms with Crippen LogP contribution in [0.25, 0.3) is 11.3 Å². The van der Waals surface area contributed by atoms with Crippen LogP contribution in [0.4, 0.5) is 5.82 Å². The molecule has 0 amide bonds. The third-order valence-electron chi connectivity index (χ3n) is 3.72. The summed E-state index contributed by atoms with van der Waals surface area (Å²) in [4.78, 5) is 4.40. The number of pyridine rings is 1. The number of H-pyrrole nitrogens is 1. The van der Waals surface area contributed by atoms with Crippen LogP contribution in [0.3, 0.4) is 0 Å². The van der Waals surface area contributed by atoms with Crippen molar-refractivity contribution in [3.63, 3.8) is 0 Å². The van der Waals surface area contributed by atoms with Gasteiger partial charge >= 0.3 is 0 Å². The monoisotopic (exact) mass is 269 g/mol. The van der Waals surface area contributed by atoms with Gasteiger partial charge in [-0.2, -0.15) is 10.4 Å². The third kappa shape index (κ3) is 2.37. The number of rotatable bonds is 3. The van der Waals surface area contributed by atoms with Crippen molar-refractivity contribution in [3.05, 3.63) is 29.1 Å². The van der Waals surface area contributed by atoms with E-state index in [0.29, 0.717) is 5.56 Å². The van der Waals surface area contributed by atoms with Gasteiger partial charge in [-0.3, -0.25) is 5.10 Å². The topological polar surface area (TPSA) is 91.4 Å². The van der Waals surface area contributed by atoms with E-state index in [-0.39, 0.29) is 11.2 Å². The van der Waals surface area contributed by atoms with Gasteiger partial charge in [0.05, 0.1) is 5.69 Å². The second-order valence-electron chi connectivity index (χ2n) is 5.60. The molecule has 0 radical (unpaired) electrons. The first kappa shape index (κ1) is 14.1. The van der Waals surface area contributed by atoms with Crippen LogP contribution in [-0.4, -0.2) is 15.2 Å². The summed E-state index contributed by atoms with van der Waals surface area (Å²) in [6.45, 7) is 8.25. The van der Waals surface area contributed by atoms with Crippen molar-refractivity contribution < 1.29 is 0 Å². The van der Waals surface area contributed by atoms with Crippen LogP contribution in [0.2, 0.25) is 0 Å². The molecule has 0 aliphatic carbocycles. The van der Waals surface area contributed by atoms with Crippen LogP contribution in [0.1, 0.15) is 44.1 Å². The van der Waals surface area contributed by atoms with E-state index < -0.39 is 0 Å². The molecule has 2 heterocycles. The Morgan fingerprint density at radius 3 is 2.60 bits per heavy atom. The highest BCUT2D eigenvalue weighted by Crippen LogP contribution is 2.32. The molecule has 0 atom stereocenters. The second kappa shape index (κ2) is 4.97. The third-order valence-corrected chi connectivity index (χ3v) is 3.72. The number of nitrogen functional groups attached to an aromatic ring is 1. The quantitative estimate of drug-likeness (QED) is 0.896. The van der Waals surface area contributed by atoms with Crippen LogP contribution in [0.15, 0.2) is 12.1 Å². The van der Waals surface area contributed by atoms with E-state index >= 15 is 0 Å². The van der Waals surface area contributed by atoms with Gasteiger partial charge in [0, 0.05) is 22.4 Å². The van der Waals surface area contributed by atoms with E-state index in [1.54, 1.807) is 0 Å². The normalized spacial score (nSPS) is 11.3. The Kier molecular flexibility index (Phi) is 3.49. The minimum Gasteiger partial charge on any atom is -0.383 e. The number of hydrogen-bond acceptors (Lipinski definition) is 4. The average Bonchev–Trinajstić information content (AvgIpc) is 2.84. The molecule has 5 heteroatoms. The number of nitrogens with one attached hydrogen (secondary N) is 1. The molecule has 0 aromatic carbocycles. The Labute approximate surface area is 118 Å². The standard InChI is InChI=1S/C15H19N5/c1-5-15(3,4)13-7-10(11(8-16)14(17)18-13)12-6-9(2)19-20-12/h6-7H,5H2,1-4H3,(H2,17,18)(H,19,20). The molecule has 0 saturated carbocycles. The molecule has 104 valence electrons. The maximum Gasteiger partial charge on any atom is 0.142 e. The molecule has 3 N–H and O–H groups in total. The Bertz CT molecular complexity index is 676. The van der Waals surface area contributed by atoms with Crippen LogP contribution >= 0.6 is 0 Å². The summed E-state index contributed by atoms with van der Waals surface area (Å²) >= 11 is 0. The molecule has 2 rings (SSSR count). The molecular formula is C15H19N5. The van der Waals surface area contributed by atoms with Crippen LogP contribution < -0.4 is 5.73 Å². The van der Waals surface area contributed by atoms with Gasteiger partial charge < -0.3 is 5.73 Å². The van der Waals surface area contributed by atoms with Gasteiger partial charge in [-0.05, 0) is 25.5 Å². The molecule has 0 fully saturated rings. The predicted octanol–water partition coefficient (Wildman–Crippen LogP) is 2.92. The molecule has 0 aliphatic heterocycles. The lowest BCUT2D eigenvalue weighted by Crippen LogP contribution is -2.19. The zero-order valence-electron chi connectivity index (χ0n) is 12.3. The first-order chi connectivity index (χ1) is 9.39. The summed E-state index contributed by atoms with van der Waals surface area (Å²) in [5, 5.41) is 16.4. The molecule has 0 spiro atoms. The first-order valence-corrected chi connectivity index (χ1v) is 6.62. The second-order valence-corrected chi connectivity index (χ2v) is 5.60. The molecular weight excluding hydrogens is 250 g/mol. The fraction of sp³-hybridized carbons (Fsp3) is 0.400. The molecule has 2 aromatic heterocycles. The number of nitrogens with two attached hydrogens (primary N) is 1. The number of anilines is 1. The van der Waals surface area contributed by atoms with Gasteiger partial charge in [-0.15, -0.1) is 0 Å². The Morgan fingerprint density at radius 1 is 1.40 bits per heavy atom. The molecule has 20 heavy (non-hydrogen) atoms. The highest BCUT2D eigenvalue weighted by Gasteiger charge is 2.23. The van der Waals surface area contributed by atoms with Crippen molar-refractivity contribution in [2.75, 3.05) is 5.73 Å². The lowest BCUT2D eigenvalue weighted by Gasteiger charge is -2.23. The summed E-state index contributed by atoms with van der Waals surface area (Å²) in [7, 11) is 0. The summed E-state index contributed by atoms with van der Waals surface area (Å²) in [5.41, 5.74) is 9.53. The summed E-state index contributed by atoms with van der Waals surface area (Å²) in [5.74, 6) is 0.266.